The van der Waals surface area contributed by atoms with Crippen LogP contribution in [0.15, 0.2) is 17.5 Å². The highest BCUT2D eigenvalue weighted by Crippen LogP contribution is 2.60. The van der Waals surface area contributed by atoms with Crippen LogP contribution in [0.25, 0.3) is 0 Å². The van der Waals surface area contributed by atoms with Gasteiger partial charge in [-0.05, 0) is 73.6 Å². The molecule has 1 atom stereocenters. The zero-order chi connectivity index (χ0) is 22.5. The fourth-order valence-electron chi connectivity index (χ4n) is 7.08. The van der Waals surface area contributed by atoms with Crippen molar-refractivity contribution in [3.8, 4) is 0 Å². The molecule has 32 heavy (non-hydrogen) atoms. The quantitative estimate of drug-likeness (QED) is 0.737. The number of hydrogen-bond donors (Lipinski definition) is 1. The Morgan fingerprint density at radius 3 is 2.03 bits per heavy atom. The van der Waals surface area contributed by atoms with Crippen molar-refractivity contribution < 1.29 is 14.4 Å². The molecule has 1 aromatic heterocycles. The third kappa shape index (κ3) is 3.97. The lowest BCUT2D eigenvalue weighted by atomic mass is 9.49. The second-order valence-electron chi connectivity index (χ2n) is 11.0. The molecule has 3 amide bonds. The molecular formula is C25H35N3O3S. The van der Waals surface area contributed by atoms with Crippen LogP contribution in [0.2, 0.25) is 0 Å². The van der Waals surface area contributed by atoms with Gasteiger partial charge < -0.3 is 15.1 Å². The van der Waals surface area contributed by atoms with E-state index in [1.807, 2.05) is 41.2 Å². The van der Waals surface area contributed by atoms with Crippen LogP contribution in [0.3, 0.4) is 0 Å². The van der Waals surface area contributed by atoms with E-state index in [2.05, 4.69) is 5.32 Å². The van der Waals surface area contributed by atoms with E-state index >= 15 is 0 Å². The predicted octanol–water partition coefficient (Wildman–Crippen LogP) is 3.39. The van der Waals surface area contributed by atoms with Gasteiger partial charge in [0.2, 0.25) is 11.8 Å². The van der Waals surface area contributed by atoms with Crippen molar-refractivity contribution in [2.45, 2.75) is 58.4 Å². The summed E-state index contributed by atoms with van der Waals surface area (Å²) >= 11 is 1.45. The van der Waals surface area contributed by atoms with Crippen LogP contribution < -0.4 is 5.32 Å². The Morgan fingerprint density at radius 1 is 0.969 bits per heavy atom. The molecule has 1 aliphatic heterocycles. The number of thiophene rings is 1. The molecule has 5 fully saturated rings. The summed E-state index contributed by atoms with van der Waals surface area (Å²) in [5.74, 6) is 2.31. The molecule has 0 unspecified atom stereocenters. The Kier molecular flexibility index (Phi) is 5.81. The lowest BCUT2D eigenvalue weighted by Crippen LogP contribution is -2.60. The van der Waals surface area contributed by atoms with Gasteiger partial charge in [-0.3, -0.25) is 14.4 Å². The molecule has 4 saturated carbocycles. The molecule has 0 spiro atoms. The molecule has 6 nitrogen and oxygen atoms in total. The first kappa shape index (κ1) is 21.9. The van der Waals surface area contributed by atoms with Gasteiger partial charge in [-0.15, -0.1) is 11.3 Å². The summed E-state index contributed by atoms with van der Waals surface area (Å²) in [5, 5.41) is 5.13. The highest BCUT2D eigenvalue weighted by Gasteiger charge is 2.55. The summed E-state index contributed by atoms with van der Waals surface area (Å²) < 4.78 is 0. The van der Waals surface area contributed by atoms with Crippen LogP contribution in [0, 0.1) is 29.1 Å². The molecule has 0 radical (unpaired) electrons. The maximum Gasteiger partial charge on any atom is 0.264 e. The van der Waals surface area contributed by atoms with Crippen LogP contribution in [0.5, 0.6) is 0 Å². The van der Waals surface area contributed by atoms with Gasteiger partial charge in [-0.2, -0.15) is 0 Å². The third-order valence-corrected chi connectivity index (χ3v) is 9.21. The van der Waals surface area contributed by atoms with Gasteiger partial charge in [0.1, 0.15) is 6.04 Å². The molecule has 4 aliphatic carbocycles. The molecule has 6 rings (SSSR count). The summed E-state index contributed by atoms with van der Waals surface area (Å²) in [6.45, 7) is 6.14. The maximum atomic E-state index is 13.5. The zero-order valence-electron chi connectivity index (χ0n) is 19.2. The number of amides is 3. The van der Waals surface area contributed by atoms with Crippen LogP contribution in [0.4, 0.5) is 0 Å². The number of nitrogens with one attached hydrogen (secondary N) is 1. The van der Waals surface area contributed by atoms with Crippen molar-refractivity contribution in [2.75, 3.05) is 26.2 Å². The SMILES string of the molecule is CC(C)[C@H](NC(=O)C12CC3CC(CC(C3)C1)C2)C(=O)N1CCN(C(=O)c2cccs2)CC1. The standard InChI is InChI=1S/C25H35N3O3S/c1-16(2)21(26-24(31)25-13-17-10-18(14-25)12-19(11-17)15-25)23(30)28-7-5-27(6-8-28)22(29)20-4-3-9-32-20/h3-4,9,16-19,21H,5-8,10-15H2,1-2H3,(H,26,31)/t17?,18?,19?,21-,25?/m0/s1. The second-order valence-corrected chi connectivity index (χ2v) is 11.9. The average Bonchev–Trinajstić information content (AvgIpc) is 3.30. The van der Waals surface area contributed by atoms with E-state index in [4.69, 9.17) is 0 Å². The molecular weight excluding hydrogens is 422 g/mol. The second kappa shape index (κ2) is 8.47. The van der Waals surface area contributed by atoms with Gasteiger partial charge in [-0.25, -0.2) is 0 Å². The normalized spacial score (nSPS) is 32.3. The van der Waals surface area contributed by atoms with Crippen molar-refractivity contribution >= 4 is 29.1 Å². The van der Waals surface area contributed by atoms with E-state index < -0.39 is 6.04 Å². The fraction of sp³-hybridized carbons (Fsp3) is 0.720. The van der Waals surface area contributed by atoms with Crippen molar-refractivity contribution in [2.24, 2.45) is 29.1 Å². The molecule has 174 valence electrons. The number of piperazine rings is 1. The van der Waals surface area contributed by atoms with Crippen molar-refractivity contribution in [3.63, 3.8) is 0 Å². The van der Waals surface area contributed by atoms with E-state index in [0.29, 0.717) is 43.9 Å². The van der Waals surface area contributed by atoms with E-state index in [0.717, 1.165) is 24.1 Å². The van der Waals surface area contributed by atoms with Gasteiger partial charge in [0, 0.05) is 31.6 Å². The lowest BCUT2D eigenvalue weighted by molar-refractivity contribution is -0.151. The van der Waals surface area contributed by atoms with Gasteiger partial charge in [0.05, 0.1) is 4.88 Å². The Morgan fingerprint density at radius 2 is 1.53 bits per heavy atom. The van der Waals surface area contributed by atoms with Crippen molar-refractivity contribution in [1.29, 1.82) is 0 Å². The number of carbonyl (C=O) groups is 3. The predicted molar refractivity (Wildman–Crippen MR) is 124 cm³/mol. The van der Waals surface area contributed by atoms with Gasteiger partial charge >= 0.3 is 0 Å². The molecule has 1 saturated heterocycles. The Hall–Kier alpha value is -1.89. The summed E-state index contributed by atoms with van der Waals surface area (Å²) in [5.41, 5.74) is -0.242. The Labute approximate surface area is 194 Å². The zero-order valence-corrected chi connectivity index (χ0v) is 20.0. The molecule has 7 heteroatoms. The number of nitrogens with zero attached hydrogens (tertiary/aromatic N) is 2. The van der Waals surface area contributed by atoms with Crippen molar-refractivity contribution in [1.82, 2.24) is 15.1 Å². The lowest BCUT2D eigenvalue weighted by Gasteiger charge is -2.56. The summed E-state index contributed by atoms with van der Waals surface area (Å²) in [4.78, 5) is 44.0. The number of rotatable bonds is 5. The largest absolute Gasteiger partial charge is 0.344 e. The van der Waals surface area contributed by atoms with Crippen LogP contribution in [-0.2, 0) is 9.59 Å². The highest BCUT2D eigenvalue weighted by molar-refractivity contribution is 7.12. The molecule has 0 aromatic carbocycles. The summed E-state index contributed by atoms with van der Waals surface area (Å²) in [7, 11) is 0. The first-order valence-electron chi connectivity index (χ1n) is 12.3. The molecule has 1 aromatic rings. The Bertz CT molecular complexity index is 838. The minimum absolute atomic E-state index is 0.00120. The van der Waals surface area contributed by atoms with E-state index in [-0.39, 0.29) is 29.1 Å². The third-order valence-electron chi connectivity index (χ3n) is 8.35. The highest BCUT2D eigenvalue weighted by atomic mass is 32.1. The smallest absolute Gasteiger partial charge is 0.264 e. The van der Waals surface area contributed by atoms with Crippen molar-refractivity contribution in [3.05, 3.63) is 22.4 Å². The number of carbonyl (C=O) groups excluding carboxylic acids is 3. The maximum absolute atomic E-state index is 13.5. The monoisotopic (exact) mass is 457 g/mol. The molecule has 4 bridgehead atoms. The molecule has 5 aliphatic rings. The Balaban J connectivity index is 1.21. The molecule has 2 heterocycles. The van der Waals surface area contributed by atoms with Gasteiger partial charge in [0.25, 0.3) is 5.91 Å². The van der Waals surface area contributed by atoms with E-state index in [1.54, 1.807) is 0 Å². The van der Waals surface area contributed by atoms with Gasteiger partial charge in [0.15, 0.2) is 0 Å². The minimum atomic E-state index is -0.491. The summed E-state index contributed by atoms with van der Waals surface area (Å²) in [6, 6.07) is 3.24. The minimum Gasteiger partial charge on any atom is -0.344 e. The first-order valence-corrected chi connectivity index (χ1v) is 13.1. The summed E-state index contributed by atoms with van der Waals surface area (Å²) in [6.07, 6.45) is 6.92. The van der Waals surface area contributed by atoms with Crippen LogP contribution in [-0.4, -0.2) is 59.7 Å². The first-order chi connectivity index (χ1) is 15.3. The van der Waals surface area contributed by atoms with Gasteiger partial charge in [-0.1, -0.05) is 19.9 Å². The topological polar surface area (TPSA) is 69.7 Å². The fourth-order valence-corrected chi connectivity index (χ4v) is 7.77. The molecule has 1 N–H and O–H groups in total. The van der Waals surface area contributed by atoms with E-state index in [9.17, 15) is 14.4 Å². The average molecular weight is 458 g/mol. The van der Waals surface area contributed by atoms with Crippen LogP contribution in [0.1, 0.15) is 62.0 Å². The van der Waals surface area contributed by atoms with Crippen LogP contribution >= 0.6 is 11.3 Å². The van der Waals surface area contributed by atoms with E-state index in [1.165, 1.54) is 30.6 Å². The number of hydrogen-bond acceptors (Lipinski definition) is 4.